The molecule has 1 aliphatic heterocycles. The molecule has 0 unspecified atom stereocenters. The maximum absolute atomic E-state index is 12.5. The van der Waals surface area contributed by atoms with E-state index in [1.807, 2.05) is 37.3 Å². The molecule has 0 fully saturated rings. The van der Waals surface area contributed by atoms with Crippen molar-refractivity contribution >= 4 is 46.7 Å². The highest BCUT2D eigenvalue weighted by Crippen LogP contribution is 2.29. The zero-order valence-corrected chi connectivity index (χ0v) is 16.0. The van der Waals surface area contributed by atoms with Crippen molar-refractivity contribution in [2.45, 2.75) is 13.3 Å². The Balaban J connectivity index is 0.00000156. The maximum atomic E-state index is 12.5. The summed E-state index contributed by atoms with van der Waals surface area (Å²) >= 11 is 0. The molecule has 0 N–H and O–H groups in total. The first kappa shape index (κ1) is 21.2. The van der Waals surface area contributed by atoms with E-state index in [0.29, 0.717) is 12.1 Å². The van der Waals surface area contributed by atoms with Crippen molar-refractivity contribution in [3.63, 3.8) is 0 Å². The molecule has 0 amide bonds. The van der Waals surface area contributed by atoms with Crippen LogP contribution in [0.15, 0.2) is 60.1 Å². The van der Waals surface area contributed by atoms with Crippen molar-refractivity contribution < 1.29 is 8.42 Å². The van der Waals surface area contributed by atoms with Gasteiger partial charge in [-0.2, -0.15) is 0 Å². The molecule has 0 bridgehead atoms. The van der Waals surface area contributed by atoms with Gasteiger partial charge in [0.2, 0.25) is 10.0 Å². The molecule has 134 valence electrons. The molecule has 1 aromatic carbocycles. The van der Waals surface area contributed by atoms with Crippen molar-refractivity contribution in [2.75, 3.05) is 10.1 Å². The van der Waals surface area contributed by atoms with Gasteiger partial charge in [0.1, 0.15) is 0 Å². The Morgan fingerprint density at radius 2 is 1.76 bits per heavy atom. The summed E-state index contributed by atoms with van der Waals surface area (Å²) in [4.78, 5) is 8.16. The van der Waals surface area contributed by atoms with Crippen LogP contribution in [0, 0.1) is 0 Å². The van der Waals surface area contributed by atoms with E-state index in [4.69, 9.17) is 0 Å². The van der Waals surface area contributed by atoms with E-state index >= 15 is 0 Å². The lowest BCUT2D eigenvalue weighted by atomic mass is 10.0. The van der Waals surface area contributed by atoms with Gasteiger partial charge in [0.25, 0.3) is 0 Å². The monoisotopic (exact) mass is 399 g/mol. The van der Waals surface area contributed by atoms with Gasteiger partial charge in [-0.15, -0.1) is 24.8 Å². The zero-order valence-electron chi connectivity index (χ0n) is 13.6. The fourth-order valence-electron chi connectivity index (χ4n) is 2.48. The second kappa shape index (κ2) is 8.99. The number of nitrogens with zero attached hydrogens (tertiary/aromatic N) is 3. The van der Waals surface area contributed by atoms with E-state index in [-0.39, 0.29) is 30.6 Å². The molecule has 0 radical (unpaired) electrons. The highest BCUT2D eigenvalue weighted by molar-refractivity contribution is 7.92. The van der Waals surface area contributed by atoms with E-state index in [9.17, 15) is 8.42 Å². The molecule has 2 heterocycles. The van der Waals surface area contributed by atoms with Gasteiger partial charge in [0, 0.05) is 36.6 Å². The number of sulfonamides is 1. The number of fused-ring (bicyclic) bond motifs is 1. The van der Waals surface area contributed by atoms with E-state index in [1.165, 1.54) is 16.7 Å². The minimum Gasteiger partial charge on any atom is -0.265 e. The number of aromatic nitrogens is 1. The van der Waals surface area contributed by atoms with E-state index < -0.39 is 10.0 Å². The van der Waals surface area contributed by atoms with Crippen molar-refractivity contribution in [3.05, 3.63) is 60.7 Å². The highest BCUT2D eigenvalue weighted by Gasteiger charge is 2.22. The van der Waals surface area contributed by atoms with Crippen LogP contribution in [0.5, 0.6) is 0 Å². The smallest absolute Gasteiger partial charge is 0.239 e. The van der Waals surface area contributed by atoms with Gasteiger partial charge in [0.15, 0.2) is 0 Å². The summed E-state index contributed by atoms with van der Waals surface area (Å²) in [6, 6.07) is 9.50. The molecular weight excluding hydrogens is 381 g/mol. The lowest BCUT2D eigenvalue weighted by Crippen LogP contribution is -2.28. The number of benzene rings is 1. The molecule has 1 aliphatic rings. The summed E-state index contributed by atoms with van der Waals surface area (Å²) in [5.74, 6) is 0.100. The third-order valence-electron chi connectivity index (χ3n) is 3.54. The van der Waals surface area contributed by atoms with Gasteiger partial charge in [-0.3, -0.25) is 9.98 Å². The third kappa shape index (κ3) is 4.60. The van der Waals surface area contributed by atoms with Crippen molar-refractivity contribution in [2.24, 2.45) is 4.99 Å². The molecule has 0 saturated carbocycles. The normalized spacial score (nSPS) is 12.6. The van der Waals surface area contributed by atoms with Crippen LogP contribution in [0.25, 0.3) is 11.1 Å². The third-order valence-corrected chi connectivity index (χ3v) is 5.38. The molecule has 0 aliphatic carbocycles. The first-order valence-corrected chi connectivity index (χ1v) is 8.99. The highest BCUT2D eigenvalue weighted by atomic mass is 35.5. The van der Waals surface area contributed by atoms with Crippen molar-refractivity contribution in [1.29, 1.82) is 0 Å². The van der Waals surface area contributed by atoms with Gasteiger partial charge in [0.05, 0.1) is 11.4 Å². The summed E-state index contributed by atoms with van der Waals surface area (Å²) in [5.41, 5.74) is 3.40. The molecule has 25 heavy (non-hydrogen) atoms. The van der Waals surface area contributed by atoms with Crippen LogP contribution in [-0.2, 0) is 10.0 Å². The molecule has 8 heteroatoms. The molecule has 5 nitrogen and oxygen atoms in total. The zero-order chi connectivity index (χ0) is 16.3. The van der Waals surface area contributed by atoms with Gasteiger partial charge in [-0.25, -0.2) is 12.7 Å². The minimum absolute atomic E-state index is 0. The van der Waals surface area contributed by atoms with Crippen LogP contribution in [0.1, 0.15) is 18.9 Å². The molecular formula is C17H19Cl2N3O2S. The first-order chi connectivity index (χ1) is 11.1. The Kier molecular flexibility index (Phi) is 7.60. The fourth-order valence-corrected chi connectivity index (χ4v) is 3.90. The second-order valence-corrected chi connectivity index (χ2v) is 7.16. The molecule has 0 spiro atoms. The number of halogens is 2. The van der Waals surface area contributed by atoms with Crippen molar-refractivity contribution in [1.82, 2.24) is 4.98 Å². The summed E-state index contributed by atoms with van der Waals surface area (Å²) in [5, 5.41) is 0. The van der Waals surface area contributed by atoms with Crippen LogP contribution >= 0.6 is 24.8 Å². The molecule has 0 atom stereocenters. The Bertz CT molecular complexity index is 869. The fraction of sp³-hybridized carbons (Fsp3) is 0.176. The van der Waals surface area contributed by atoms with Crippen LogP contribution in [0.4, 0.5) is 5.69 Å². The number of hydrogen-bond donors (Lipinski definition) is 0. The van der Waals surface area contributed by atoms with Crippen LogP contribution in [0.2, 0.25) is 0 Å². The standard InChI is InChI=1S/C17H17N3O2S.2ClH/c1-2-11-23(21,22)20-10-9-19-13-16-12-15(3-4-17(16)20)14-5-7-18-8-6-14;;/h3-10,12-13H,2,11H2,1H3;2*1H. The molecule has 3 rings (SSSR count). The van der Waals surface area contributed by atoms with E-state index in [1.54, 1.807) is 18.6 Å². The number of rotatable bonds is 4. The number of anilines is 1. The Hall–Kier alpha value is -1.89. The lowest BCUT2D eigenvalue weighted by Gasteiger charge is -2.21. The largest absolute Gasteiger partial charge is 0.265 e. The average Bonchev–Trinajstić information content (AvgIpc) is 2.77. The second-order valence-electron chi connectivity index (χ2n) is 5.20. The van der Waals surface area contributed by atoms with Gasteiger partial charge < -0.3 is 0 Å². The summed E-state index contributed by atoms with van der Waals surface area (Å²) in [6.07, 6.45) is 8.71. The predicted molar refractivity (Wildman–Crippen MR) is 107 cm³/mol. The number of aliphatic imine (C=N–C) groups is 1. The lowest BCUT2D eigenvalue weighted by molar-refractivity contribution is 0.594. The van der Waals surface area contributed by atoms with Gasteiger partial charge in [-0.05, 0) is 41.8 Å². The maximum Gasteiger partial charge on any atom is 0.239 e. The minimum atomic E-state index is -3.39. The average molecular weight is 400 g/mol. The summed E-state index contributed by atoms with van der Waals surface area (Å²) < 4.78 is 26.2. The summed E-state index contributed by atoms with van der Waals surface area (Å²) in [7, 11) is -3.39. The van der Waals surface area contributed by atoms with Crippen LogP contribution < -0.4 is 4.31 Å². The van der Waals surface area contributed by atoms with E-state index in [0.717, 1.165) is 16.7 Å². The van der Waals surface area contributed by atoms with Crippen LogP contribution in [-0.4, -0.2) is 25.4 Å². The van der Waals surface area contributed by atoms with Crippen LogP contribution in [0.3, 0.4) is 0 Å². The number of pyridine rings is 1. The first-order valence-electron chi connectivity index (χ1n) is 7.38. The molecule has 1 aromatic heterocycles. The molecule has 2 aromatic rings. The van der Waals surface area contributed by atoms with E-state index in [2.05, 4.69) is 9.98 Å². The van der Waals surface area contributed by atoms with Gasteiger partial charge in [-0.1, -0.05) is 13.0 Å². The summed E-state index contributed by atoms with van der Waals surface area (Å²) in [6.45, 7) is 1.85. The quantitative estimate of drug-likeness (QED) is 0.778. The number of hydrogen-bond acceptors (Lipinski definition) is 4. The SMILES string of the molecule is CCCS(=O)(=O)N1C=CN=Cc2cc(-c3ccncc3)ccc21.Cl.Cl. The van der Waals surface area contributed by atoms with Crippen molar-refractivity contribution in [3.8, 4) is 11.1 Å². The Labute approximate surface area is 160 Å². The van der Waals surface area contributed by atoms with Gasteiger partial charge >= 0.3 is 0 Å². The predicted octanol–water partition coefficient (Wildman–Crippen LogP) is 4.04. The molecule has 0 saturated heterocycles. The Morgan fingerprint density at radius 1 is 1.04 bits per heavy atom. The Morgan fingerprint density at radius 3 is 2.44 bits per heavy atom. The topological polar surface area (TPSA) is 62.6 Å².